The summed E-state index contributed by atoms with van der Waals surface area (Å²) in [5, 5.41) is 6.46. The highest BCUT2D eigenvalue weighted by molar-refractivity contribution is 6.35. The second-order valence-corrected chi connectivity index (χ2v) is 10.6. The summed E-state index contributed by atoms with van der Waals surface area (Å²) in [6.45, 7) is 0.916. The van der Waals surface area contributed by atoms with Gasteiger partial charge in [0, 0.05) is 24.0 Å². The maximum absolute atomic E-state index is 14.4. The van der Waals surface area contributed by atoms with Gasteiger partial charge in [0.15, 0.2) is 5.82 Å². The molecule has 0 bridgehead atoms. The molecule has 45 heavy (non-hydrogen) atoms. The van der Waals surface area contributed by atoms with Crippen LogP contribution in [0.15, 0.2) is 35.5 Å². The number of halogens is 9. The van der Waals surface area contributed by atoms with E-state index in [1.54, 1.807) is 0 Å². The van der Waals surface area contributed by atoms with Crippen molar-refractivity contribution in [3.63, 3.8) is 0 Å². The minimum atomic E-state index is -5.03. The van der Waals surface area contributed by atoms with Crippen molar-refractivity contribution in [1.29, 1.82) is 0 Å². The molecule has 1 aliphatic rings. The SMILES string of the molecule is C#CCN(C(=O)c1ccc(C2=NOC(c3cc(Cl)c(F)c(Cl)c3)(C(F)(F)F)C2)cc1C)c1nc(CCC(F)(F)F)n(CC#C)n1. The van der Waals surface area contributed by atoms with Crippen LogP contribution in [0.1, 0.15) is 45.7 Å². The highest BCUT2D eigenvalue weighted by Gasteiger charge is 2.62. The van der Waals surface area contributed by atoms with E-state index in [-0.39, 0.29) is 47.3 Å². The molecule has 0 radical (unpaired) electrons. The van der Waals surface area contributed by atoms with Crippen LogP contribution in [0.5, 0.6) is 0 Å². The standard InChI is InChI=1S/C29H20Cl2F7N5O2/c1-4-10-42(26-39-23(8-9-28(33,34)35)43(40-26)11-5-2)25(44)19-7-6-17(12-16(19)3)22-15-27(45-41-22,29(36,37)38)18-13-20(30)24(32)21(31)14-18/h1-2,6-7,12-14H,8-11,15H2,3H3. The molecule has 0 fully saturated rings. The lowest BCUT2D eigenvalue weighted by molar-refractivity contribution is -0.275. The summed E-state index contributed by atoms with van der Waals surface area (Å²) >= 11 is 11.5. The summed E-state index contributed by atoms with van der Waals surface area (Å²) < 4.78 is 96.7. The number of aromatic nitrogens is 3. The number of aryl methyl sites for hydroxylation is 2. The Balaban J connectivity index is 1.64. The Morgan fingerprint density at radius 1 is 1.11 bits per heavy atom. The Hall–Kier alpha value is -4.27. The summed E-state index contributed by atoms with van der Waals surface area (Å²) in [6.07, 6.45) is -1.36. The molecule has 0 spiro atoms. The van der Waals surface area contributed by atoms with Crippen LogP contribution in [0, 0.1) is 37.4 Å². The fourth-order valence-corrected chi connectivity index (χ4v) is 5.01. The molecule has 236 valence electrons. The van der Waals surface area contributed by atoms with Gasteiger partial charge in [0.1, 0.15) is 12.4 Å². The molecule has 1 amide bonds. The molecule has 0 N–H and O–H groups in total. The number of carbonyl (C=O) groups excluding carboxylic acids is 1. The zero-order valence-electron chi connectivity index (χ0n) is 23.0. The highest BCUT2D eigenvalue weighted by atomic mass is 35.5. The molecule has 4 rings (SSSR count). The first-order chi connectivity index (χ1) is 21.0. The summed E-state index contributed by atoms with van der Waals surface area (Å²) in [5.74, 6) is 2.30. The molecule has 1 atom stereocenters. The van der Waals surface area contributed by atoms with Gasteiger partial charge < -0.3 is 4.84 Å². The van der Waals surface area contributed by atoms with E-state index in [4.69, 9.17) is 40.9 Å². The molecule has 7 nitrogen and oxygen atoms in total. The van der Waals surface area contributed by atoms with E-state index >= 15 is 0 Å². The third kappa shape index (κ3) is 6.87. The monoisotopic (exact) mass is 673 g/mol. The topological polar surface area (TPSA) is 72.6 Å². The number of nitrogens with zero attached hydrogens (tertiary/aromatic N) is 5. The number of anilines is 1. The van der Waals surface area contributed by atoms with E-state index in [0.29, 0.717) is 0 Å². The van der Waals surface area contributed by atoms with E-state index in [2.05, 4.69) is 27.1 Å². The molecule has 0 aliphatic carbocycles. The van der Waals surface area contributed by atoms with Crippen molar-refractivity contribution >= 4 is 40.8 Å². The van der Waals surface area contributed by atoms with Gasteiger partial charge in [-0.05, 0) is 42.3 Å². The van der Waals surface area contributed by atoms with Crippen LogP contribution in [0.2, 0.25) is 10.0 Å². The van der Waals surface area contributed by atoms with Gasteiger partial charge in [-0.3, -0.25) is 9.69 Å². The number of amides is 1. The van der Waals surface area contributed by atoms with E-state index < -0.39 is 64.5 Å². The van der Waals surface area contributed by atoms with Crippen LogP contribution < -0.4 is 4.90 Å². The van der Waals surface area contributed by atoms with Crippen LogP contribution in [0.4, 0.5) is 36.7 Å². The Bertz CT molecular complexity index is 1730. The Kier molecular flexibility index (Phi) is 9.43. The lowest BCUT2D eigenvalue weighted by Crippen LogP contribution is -2.42. The first kappa shape index (κ1) is 33.6. The van der Waals surface area contributed by atoms with Gasteiger partial charge in [0.05, 0.1) is 28.7 Å². The Morgan fingerprint density at radius 3 is 2.33 bits per heavy atom. The number of benzene rings is 2. The van der Waals surface area contributed by atoms with Crippen molar-refractivity contribution in [3.05, 3.63) is 74.3 Å². The van der Waals surface area contributed by atoms with Crippen molar-refractivity contribution < 1.29 is 40.4 Å². The van der Waals surface area contributed by atoms with Gasteiger partial charge in [-0.2, -0.15) is 31.3 Å². The fraction of sp³-hybridized carbons (Fsp3) is 0.310. The zero-order chi connectivity index (χ0) is 33.3. The quantitative estimate of drug-likeness (QED) is 0.146. The molecule has 16 heteroatoms. The summed E-state index contributed by atoms with van der Waals surface area (Å²) in [5.41, 5.74) is -3.25. The van der Waals surface area contributed by atoms with Gasteiger partial charge in [0.2, 0.25) is 0 Å². The normalized spacial score (nSPS) is 16.5. The van der Waals surface area contributed by atoms with Gasteiger partial charge >= 0.3 is 12.4 Å². The third-order valence-electron chi connectivity index (χ3n) is 6.77. The minimum absolute atomic E-state index is 0.0397. The number of carbonyl (C=O) groups is 1. The minimum Gasteiger partial charge on any atom is -0.374 e. The molecule has 3 aromatic rings. The molecular formula is C29H20Cl2F7N5O2. The van der Waals surface area contributed by atoms with Crippen molar-refractivity contribution in [2.24, 2.45) is 5.16 Å². The number of oxime groups is 1. The number of hydrogen-bond acceptors (Lipinski definition) is 5. The maximum atomic E-state index is 14.4. The van der Waals surface area contributed by atoms with Crippen molar-refractivity contribution in [1.82, 2.24) is 14.8 Å². The van der Waals surface area contributed by atoms with Crippen LogP contribution in [-0.2, 0) is 23.4 Å². The van der Waals surface area contributed by atoms with E-state index in [9.17, 15) is 35.5 Å². The van der Waals surface area contributed by atoms with Crippen molar-refractivity contribution in [2.75, 3.05) is 11.4 Å². The van der Waals surface area contributed by atoms with Gasteiger partial charge in [-0.15, -0.1) is 17.9 Å². The second kappa shape index (κ2) is 12.6. The molecule has 1 aromatic heterocycles. The second-order valence-electron chi connectivity index (χ2n) is 9.81. The summed E-state index contributed by atoms with van der Waals surface area (Å²) in [4.78, 5) is 23.5. The van der Waals surface area contributed by atoms with E-state index in [0.717, 1.165) is 21.7 Å². The van der Waals surface area contributed by atoms with Gasteiger partial charge in [-0.1, -0.05) is 46.3 Å². The first-order valence-electron chi connectivity index (χ1n) is 12.8. The van der Waals surface area contributed by atoms with Gasteiger partial charge in [0.25, 0.3) is 17.5 Å². The fourth-order valence-electron chi connectivity index (χ4n) is 4.53. The zero-order valence-corrected chi connectivity index (χ0v) is 24.5. The number of rotatable bonds is 8. The molecule has 0 saturated heterocycles. The number of terminal acetylenes is 2. The first-order valence-corrected chi connectivity index (χ1v) is 13.5. The van der Waals surface area contributed by atoms with E-state index in [1.165, 1.54) is 25.1 Å². The molecule has 1 aliphatic heterocycles. The largest absolute Gasteiger partial charge is 0.435 e. The molecular weight excluding hydrogens is 654 g/mol. The molecule has 0 saturated carbocycles. The van der Waals surface area contributed by atoms with Crippen LogP contribution in [-0.4, -0.2) is 45.3 Å². The van der Waals surface area contributed by atoms with Crippen LogP contribution in [0.25, 0.3) is 0 Å². The van der Waals surface area contributed by atoms with E-state index in [1.807, 2.05) is 0 Å². The average Bonchev–Trinajstić information content (AvgIpc) is 3.58. The summed E-state index contributed by atoms with van der Waals surface area (Å²) in [7, 11) is 0. The Labute approximate surface area is 261 Å². The lowest BCUT2D eigenvalue weighted by atomic mass is 9.86. The lowest BCUT2D eigenvalue weighted by Gasteiger charge is -2.29. The molecule has 2 heterocycles. The third-order valence-corrected chi connectivity index (χ3v) is 7.32. The Morgan fingerprint density at radius 2 is 1.78 bits per heavy atom. The van der Waals surface area contributed by atoms with Gasteiger partial charge in [-0.25, -0.2) is 9.07 Å². The average molecular weight is 674 g/mol. The highest BCUT2D eigenvalue weighted by Crippen LogP contribution is 2.50. The predicted octanol–water partition coefficient (Wildman–Crippen LogP) is 7.02. The molecule has 1 unspecified atom stereocenters. The number of hydrogen-bond donors (Lipinski definition) is 0. The van der Waals surface area contributed by atoms with Crippen LogP contribution >= 0.6 is 23.2 Å². The maximum Gasteiger partial charge on any atom is 0.435 e. The predicted molar refractivity (Wildman–Crippen MR) is 151 cm³/mol. The number of alkyl halides is 6. The smallest absolute Gasteiger partial charge is 0.374 e. The van der Waals surface area contributed by atoms with Crippen molar-refractivity contribution in [3.8, 4) is 24.7 Å². The summed E-state index contributed by atoms with van der Waals surface area (Å²) in [6, 6.07) is 5.54. The van der Waals surface area contributed by atoms with Crippen molar-refractivity contribution in [2.45, 2.75) is 50.7 Å². The molecule has 2 aromatic carbocycles. The van der Waals surface area contributed by atoms with Crippen LogP contribution in [0.3, 0.4) is 0 Å².